The zero-order valence-corrected chi connectivity index (χ0v) is 11.6. The van der Waals surface area contributed by atoms with Crippen LogP contribution in [0.2, 0.25) is 0 Å². The van der Waals surface area contributed by atoms with E-state index in [2.05, 4.69) is 5.73 Å². The third-order valence-corrected chi connectivity index (χ3v) is 2.99. The monoisotopic (exact) mass is 351 g/mol. The summed E-state index contributed by atoms with van der Waals surface area (Å²) in [4.78, 5) is 0. The molecule has 0 aromatic rings. The fourth-order valence-electron chi connectivity index (χ4n) is 1.56. The van der Waals surface area contributed by atoms with Crippen molar-refractivity contribution in [3.8, 4) is 0 Å². The zero-order valence-electron chi connectivity index (χ0n) is 11.6. The molecule has 0 amide bonds. The lowest BCUT2D eigenvalue weighted by atomic mass is 9.91. The van der Waals surface area contributed by atoms with E-state index in [1.807, 2.05) is 0 Å². The predicted molar refractivity (Wildman–Crippen MR) is 57.6 cm³/mol. The van der Waals surface area contributed by atoms with E-state index in [0.717, 1.165) is 0 Å². The molecule has 0 aliphatic carbocycles. The number of rotatable bonds is 7. The number of halogens is 10. The van der Waals surface area contributed by atoms with Crippen LogP contribution in [-0.2, 0) is 0 Å². The van der Waals surface area contributed by atoms with Crippen molar-refractivity contribution in [2.24, 2.45) is 11.7 Å². The Balaban J connectivity index is 5.50. The first-order valence-corrected chi connectivity index (χ1v) is 6.09. The highest BCUT2D eigenvalue weighted by molar-refractivity contribution is 5.07. The van der Waals surface area contributed by atoms with Gasteiger partial charge < -0.3 is 0 Å². The van der Waals surface area contributed by atoms with Crippen molar-refractivity contribution in [3.63, 3.8) is 0 Å². The topological polar surface area (TPSA) is 26.0 Å². The van der Waals surface area contributed by atoms with E-state index in [4.69, 9.17) is 0 Å². The van der Waals surface area contributed by atoms with Crippen molar-refractivity contribution in [2.45, 2.75) is 62.8 Å². The van der Waals surface area contributed by atoms with Gasteiger partial charge in [-0.05, 0) is 12.3 Å². The average molecular weight is 351 g/mol. The van der Waals surface area contributed by atoms with Gasteiger partial charge >= 0.3 is 23.9 Å². The molecule has 11 heteroatoms. The Morgan fingerprint density at radius 1 is 0.727 bits per heavy atom. The Hall–Kier alpha value is -0.740. The number of hydrogen-bond acceptors (Lipinski definition) is 1. The molecule has 0 aliphatic heterocycles. The van der Waals surface area contributed by atoms with Crippen LogP contribution >= 0.6 is 0 Å². The molecule has 0 fully saturated rings. The lowest BCUT2D eigenvalue weighted by Crippen LogP contribution is -2.69. The van der Waals surface area contributed by atoms with E-state index in [1.54, 1.807) is 13.8 Å². The van der Waals surface area contributed by atoms with E-state index >= 15 is 0 Å². The SMILES string of the molecule is CC(C)CCCC(N)(F)C(F)(F)C(F)(F)C(F)(F)C(F)(F)F. The Morgan fingerprint density at radius 2 is 1.14 bits per heavy atom. The summed E-state index contributed by atoms with van der Waals surface area (Å²) in [6, 6.07) is 0. The molecule has 0 rings (SSSR count). The summed E-state index contributed by atoms with van der Waals surface area (Å²) in [7, 11) is 0. The molecule has 0 spiro atoms. The Morgan fingerprint density at radius 3 is 1.45 bits per heavy atom. The molecule has 134 valence electrons. The van der Waals surface area contributed by atoms with Gasteiger partial charge in [0.1, 0.15) is 0 Å². The molecule has 0 radical (unpaired) electrons. The molecule has 2 N–H and O–H groups in total. The second-order valence-corrected chi connectivity index (χ2v) is 5.37. The lowest BCUT2D eigenvalue weighted by molar-refractivity contribution is -0.411. The molecule has 0 aromatic heterocycles. The van der Waals surface area contributed by atoms with Crippen molar-refractivity contribution < 1.29 is 43.9 Å². The predicted octanol–water partition coefficient (Wildman–Crippen LogP) is 4.91. The van der Waals surface area contributed by atoms with Crippen LogP contribution in [0.15, 0.2) is 0 Å². The van der Waals surface area contributed by atoms with Crippen molar-refractivity contribution in [2.75, 3.05) is 0 Å². The molecule has 0 saturated carbocycles. The van der Waals surface area contributed by atoms with E-state index in [0.29, 0.717) is 0 Å². The molecular weight excluding hydrogens is 336 g/mol. The first-order valence-electron chi connectivity index (χ1n) is 6.09. The van der Waals surface area contributed by atoms with Crippen LogP contribution < -0.4 is 5.73 Å². The molecule has 0 aromatic carbocycles. The molecule has 1 nitrogen and oxygen atoms in total. The summed E-state index contributed by atoms with van der Waals surface area (Å²) < 4.78 is 127. The maximum absolute atomic E-state index is 13.6. The number of alkyl halides is 10. The average Bonchev–Trinajstić information content (AvgIpc) is 2.25. The van der Waals surface area contributed by atoms with E-state index in [1.165, 1.54) is 0 Å². The van der Waals surface area contributed by atoms with Gasteiger partial charge in [0.05, 0.1) is 0 Å². The molecule has 0 aliphatic rings. The Bertz CT molecular complexity index is 372. The van der Waals surface area contributed by atoms with E-state index in [-0.39, 0.29) is 12.3 Å². The van der Waals surface area contributed by atoms with Gasteiger partial charge in [-0.2, -0.15) is 39.5 Å². The highest BCUT2D eigenvalue weighted by Crippen LogP contribution is 2.56. The third kappa shape index (κ3) is 3.60. The van der Waals surface area contributed by atoms with Crippen LogP contribution in [0.3, 0.4) is 0 Å². The van der Waals surface area contributed by atoms with Gasteiger partial charge in [0.15, 0.2) is 0 Å². The summed E-state index contributed by atoms with van der Waals surface area (Å²) in [5.41, 5.74) is 4.31. The minimum atomic E-state index is -7.14. The van der Waals surface area contributed by atoms with Gasteiger partial charge in [0.2, 0.25) is 5.79 Å². The van der Waals surface area contributed by atoms with Crippen LogP contribution in [-0.4, -0.2) is 29.7 Å². The summed E-state index contributed by atoms with van der Waals surface area (Å²) >= 11 is 0. The fraction of sp³-hybridized carbons (Fsp3) is 1.00. The Labute approximate surface area is 119 Å². The minimum Gasteiger partial charge on any atom is -0.294 e. The third-order valence-electron chi connectivity index (χ3n) is 2.99. The van der Waals surface area contributed by atoms with Crippen LogP contribution in [0, 0.1) is 5.92 Å². The molecule has 22 heavy (non-hydrogen) atoms. The number of nitrogens with two attached hydrogens (primary N) is 1. The highest BCUT2D eigenvalue weighted by atomic mass is 19.4. The van der Waals surface area contributed by atoms with Gasteiger partial charge in [0.25, 0.3) is 0 Å². The van der Waals surface area contributed by atoms with Gasteiger partial charge in [-0.3, -0.25) is 5.73 Å². The van der Waals surface area contributed by atoms with Gasteiger partial charge in [-0.1, -0.05) is 20.3 Å². The maximum atomic E-state index is 13.6. The van der Waals surface area contributed by atoms with Crippen LogP contribution in [0.4, 0.5) is 43.9 Å². The van der Waals surface area contributed by atoms with Gasteiger partial charge in [-0.15, -0.1) is 0 Å². The van der Waals surface area contributed by atoms with Crippen LogP contribution in [0.25, 0.3) is 0 Å². The summed E-state index contributed by atoms with van der Waals surface area (Å²) in [6.45, 7) is 3.14. The molecule has 0 saturated heterocycles. The van der Waals surface area contributed by atoms with Gasteiger partial charge in [-0.25, -0.2) is 4.39 Å². The molecule has 1 unspecified atom stereocenters. The maximum Gasteiger partial charge on any atom is 0.460 e. The molecular formula is C11H15F10N. The van der Waals surface area contributed by atoms with Crippen LogP contribution in [0.5, 0.6) is 0 Å². The first-order chi connectivity index (χ1) is 9.42. The zero-order chi connectivity index (χ0) is 18.2. The number of hydrogen-bond donors (Lipinski definition) is 1. The Kier molecular flexibility index (Phi) is 5.84. The lowest BCUT2D eigenvalue weighted by Gasteiger charge is -2.39. The van der Waals surface area contributed by atoms with Crippen molar-refractivity contribution in [1.29, 1.82) is 0 Å². The van der Waals surface area contributed by atoms with E-state index < -0.39 is 42.6 Å². The van der Waals surface area contributed by atoms with Crippen molar-refractivity contribution in [3.05, 3.63) is 0 Å². The normalized spacial score (nSPS) is 17.7. The quantitative estimate of drug-likeness (QED) is 0.512. The molecule has 0 bridgehead atoms. The standard InChI is InChI=1S/C11H15F10N/c1-6(2)4-3-5-7(12,22)8(13,14)9(15,16)10(17,18)11(19,20)21/h6H,3-5,22H2,1-2H3. The smallest absolute Gasteiger partial charge is 0.294 e. The second-order valence-electron chi connectivity index (χ2n) is 5.37. The summed E-state index contributed by atoms with van der Waals surface area (Å²) in [6.07, 6.45) is -8.94. The molecule has 1 atom stereocenters. The summed E-state index contributed by atoms with van der Waals surface area (Å²) in [5.74, 6) is -25.5. The van der Waals surface area contributed by atoms with Crippen LogP contribution in [0.1, 0.15) is 33.1 Å². The van der Waals surface area contributed by atoms with Crippen molar-refractivity contribution >= 4 is 0 Å². The minimum absolute atomic E-state index is 0.0419. The second kappa shape index (κ2) is 6.04. The highest BCUT2D eigenvalue weighted by Gasteiger charge is 2.85. The summed E-state index contributed by atoms with van der Waals surface area (Å²) in [5, 5.41) is 0. The van der Waals surface area contributed by atoms with Crippen molar-refractivity contribution in [1.82, 2.24) is 0 Å². The largest absolute Gasteiger partial charge is 0.460 e. The molecule has 0 heterocycles. The fourth-order valence-corrected chi connectivity index (χ4v) is 1.56. The van der Waals surface area contributed by atoms with E-state index in [9.17, 15) is 43.9 Å². The van der Waals surface area contributed by atoms with Gasteiger partial charge in [0, 0.05) is 6.42 Å². The first kappa shape index (κ1) is 21.3.